The number of aryl methyl sites for hydroxylation is 1. The van der Waals surface area contributed by atoms with Crippen LogP contribution in [0.3, 0.4) is 0 Å². The van der Waals surface area contributed by atoms with Crippen LogP contribution >= 0.6 is 15.9 Å². The Bertz CT molecular complexity index is 1140. The number of hydrogen-bond acceptors (Lipinski definition) is 4. The maximum atomic E-state index is 13.3. The SMILES string of the molecule is Cn1cc(-c2ccc(CN3Cc4ccc(Br)c(O[C@@H]5CCCC[C@H]5O)c4C3=O)cc2)cn1. The first-order chi connectivity index (χ1) is 15.5. The molecule has 1 aliphatic heterocycles. The molecule has 0 spiro atoms. The van der Waals surface area contributed by atoms with Gasteiger partial charge in [-0.1, -0.05) is 36.8 Å². The summed E-state index contributed by atoms with van der Waals surface area (Å²) in [6, 6.07) is 12.2. The fraction of sp³-hybridized carbons (Fsp3) is 0.360. The summed E-state index contributed by atoms with van der Waals surface area (Å²) >= 11 is 3.56. The van der Waals surface area contributed by atoms with E-state index in [0.717, 1.165) is 52.4 Å². The highest BCUT2D eigenvalue weighted by molar-refractivity contribution is 9.10. The fourth-order valence-electron chi connectivity index (χ4n) is 4.60. The number of amides is 1. The van der Waals surface area contributed by atoms with Crippen molar-refractivity contribution in [2.24, 2.45) is 7.05 Å². The lowest BCUT2D eigenvalue weighted by Gasteiger charge is -2.29. The Labute approximate surface area is 195 Å². The van der Waals surface area contributed by atoms with Gasteiger partial charge in [-0.2, -0.15) is 5.10 Å². The predicted octanol–water partition coefficient (Wildman–Crippen LogP) is 4.69. The number of carbonyl (C=O) groups excluding carboxylic acids is 1. The Morgan fingerprint density at radius 3 is 2.62 bits per heavy atom. The van der Waals surface area contributed by atoms with E-state index >= 15 is 0 Å². The number of halogens is 1. The van der Waals surface area contributed by atoms with Gasteiger partial charge in [0.25, 0.3) is 5.91 Å². The monoisotopic (exact) mass is 495 g/mol. The number of fused-ring (bicyclic) bond motifs is 1. The van der Waals surface area contributed by atoms with Gasteiger partial charge >= 0.3 is 0 Å². The molecule has 1 amide bonds. The summed E-state index contributed by atoms with van der Waals surface area (Å²) in [7, 11) is 1.90. The van der Waals surface area contributed by atoms with Crippen molar-refractivity contribution in [2.45, 2.75) is 51.0 Å². The molecule has 32 heavy (non-hydrogen) atoms. The van der Waals surface area contributed by atoms with E-state index < -0.39 is 6.10 Å². The van der Waals surface area contributed by atoms with Gasteiger partial charge in [-0.3, -0.25) is 9.48 Å². The average molecular weight is 496 g/mol. The van der Waals surface area contributed by atoms with E-state index in [2.05, 4.69) is 45.3 Å². The van der Waals surface area contributed by atoms with Crippen molar-refractivity contribution in [1.82, 2.24) is 14.7 Å². The molecule has 2 heterocycles. The molecular formula is C25H26BrN3O3. The maximum Gasteiger partial charge on any atom is 0.258 e. The number of benzene rings is 2. The van der Waals surface area contributed by atoms with Crippen molar-refractivity contribution in [3.05, 3.63) is 70.0 Å². The summed E-state index contributed by atoms with van der Waals surface area (Å²) in [4.78, 5) is 15.2. The second-order valence-corrected chi connectivity index (χ2v) is 9.53. The Kier molecular flexibility index (Phi) is 5.78. The molecule has 0 radical (unpaired) electrons. The van der Waals surface area contributed by atoms with Crippen LogP contribution in [0.25, 0.3) is 11.1 Å². The normalized spacial score (nSPS) is 20.5. The zero-order valence-corrected chi connectivity index (χ0v) is 19.6. The van der Waals surface area contributed by atoms with Crippen LogP contribution in [0.1, 0.15) is 47.2 Å². The van der Waals surface area contributed by atoms with Crippen LogP contribution in [0.15, 0.2) is 53.3 Å². The fourth-order valence-corrected chi connectivity index (χ4v) is 5.03. The molecule has 0 unspecified atom stereocenters. The molecule has 166 valence electrons. The third kappa shape index (κ3) is 4.07. The first-order valence-corrected chi connectivity index (χ1v) is 11.8. The van der Waals surface area contributed by atoms with Crippen molar-refractivity contribution in [2.75, 3.05) is 0 Å². The zero-order valence-electron chi connectivity index (χ0n) is 18.0. The molecule has 2 aromatic carbocycles. The number of hydrogen-bond donors (Lipinski definition) is 1. The third-order valence-corrected chi connectivity index (χ3v) is 6.99. The summed E-state index contributed by atoms with van der Waals surface area (Å²) in [5, 5.41) is 14.6. The van der Waals surface area contributed by atoms with Crippen LogP contribution in [-0.2, 0) is 20.1 Å². The van der Waals surface area contributed by atoms with Crippen molar-refractivity contribution < 1.29 is 14.6 Å². The zero-order chi connectivity index (χ0) is 22.2. The standard InChI is InChI=1S/C25H26BrN3O3/c1-28-14-19(12-27-28)17-8-6-16(7-9-17)13-29-15-18-10-11-20(26)24(23(18)25(29)31)32-22-5-3-2-4-21(22)30/h6-12,14,21-22,30H,2-5,13,15H2,1H3/t21-,22-/m1/s1. The largest absolute Gasteiger partial charge is 0.486 e. The number of aromatic nitrogens is 2. The van der Waals surface area contributed by atoms with Gasteiger partial charge in [0, 0.05) is 31.9 Å². The number of carbonyl (C=O) groups is 1. The number of aliphatic hydroxyl groups is 1. The first kappa shape index (κ1) is 21.2. The molecular weight excluding hydrogens is 470 g/mol. The molecule has 5 rings (SSSR count). The highest BCUT2D eigenvalue weighted by Crippen LogP contribution is 2.39. The van der Waals surface area contributed by atoms with Gasteiger partial charge in [-0.05, 0) is 57.9 Å². The van der Waals surface area contributed by atoms with Crippen LogP contribution in [0.2, 0.25) is 0 Å². The van der Waals surface area contributed by atoms with E-state index in [9.17, 15) is 9.90 Å². The highest BCUT2D eigenvalue weighted by atomic mass is 79.9. The van der Waals surface area contributed by atoms with E-state index in [-0.39, 0.29) is 12.0 Å². The van der Waals surface area contributed by atoms with Crippen LogP contribution < -0.4 is 4.74 Å². The molecule has 1 aromatic heterocycles. The molecule has 1 N–H and O–H groups in total. The summed E-state index contributed by atoms with van der Waals surface area (Å²) in [5.74, 6) is 0.533. The van der Waals surface area contributed by atoms with Gasteiger partial charge in [-0.25, -0.2) is 0 Å². The molecule has 2 atom stereocenters. The van der Waals surface area contributed by atoms with Crippen molar-refractivity contribution >= 4 is 21.8 Å². The molecule has 1 aliphatic carbocycles. The maximum absolute atomic E-state index is 13.3. The van der Waals surface area contributed by atoms with Gasteiger partial charge in [0.05, 0.1) is 22.3 Å². The molecule has 6 nitrogen and oxygen atoms in total. The van der Waals surface area contributed by atoms with E-state index in [0.29, 0.717) is 24.4 Å². The Morgan fingerprint density at radius 2 is 1.91 bits per heavy atom. The van der Waals surface area contributed by atoms with Crippen molar-refractivity contribution in [3.63, 3.8) is 0 Å². The summed E-state index contributed by atoms with van der Waals surface area (Å²) in [6.45, 7) is 1.08. The quantitative estimate of drug-likeness (QED) is 0.557. The first-order valence-electron chi connectivity index (χ1n) is 11.0. The number of rotatable bonds is 5. The molecule has 2 aliphatic rings. The van der Waals surface area contributed by atoms with Crippen LogP contribution in [0.5, 0.6) is 5.75 Å². The van der Waals surface area contributed by atoms with Gasteiger partial charge in [0.2, 0.25) is 0 Å². The predicted molar refractivity (Wildman–Crippen MR) is 125 cm³/mol. The van der Waals surface area contributed by atoms with Crippen LogP contribution in [-0.4, -0.2) is 37.9 Å². The molecule has 3 aromatic rings. The van der Waals surface area contributed by atoms with E-state index in [4.69, 9.17) is 4.74 Å². The smallest absolute Gasteiger partial charge is 0.258 e. The molecule has 1 fully saturated rings. The second kappa shape index (κ2) is 8.71. The summed E-state index contributed by atoms with van der Waals surface area (Å²) < 4.78 is 8.76. The van der Waals surface area contributed by atoms with E-state index in [1.165, 1.54) is 0 Å². The molecule has 1 saturated carbocycles. The Balaban J connectivity index is 1.34. The summed E-state index contributed by atoms with van der Waals surface area (Å²) in [6.07, 6.45) is 6.66. The van der Waals surface area contributed by atoms with E-state index in [1.54, 1.807) is 4.68 Å². The minimum atomic E-state index is -0.488. The minimum Gasteiger partial charge on any atom is -0.486 e. The number of nitrogens with zero attached hydrogens (tertiary/aromatic N) is 3. The van der Waals surface area contributed by atoms with Gasteiger partial charge < -0.3 is 14.7 Å². The lowest BCUT2D eigenvalue weighted by atomic mass is 9.94. The van der Waals surface area contributed by atoms with Crippen molar-refractivity contribution in [3.8, 4) is 16.9 Å². The topological polar surface area (TPSA) is 67.6 Å². The lowest BCUT2D eigenvalue weighted by molar-refractivity contribution is 0.00597. The Morgan fingerprint density at radius 1 is 1.12 bits per heavy atom. The van der Waals surface area contributed by atoms with Crippen molar-refractivity contribution in [1.29, 1.82) is 0 Å². The number of ether oxygens (including phenoxy) is 1. The molecule has 7 heteroatoms. The molecule has 0 bridgehead atoms. The third-order valence-electron chi connectivity index (χ3n) is 6.36. The Hall–Kier alpha value is -2.64. The second-order valence-electron chi connectivity index (χ2n) is 8.68. The number of aliphatic hydroxyl groups excluding tert-OH is 1. The highest BCUT2D eigenvalue weighted by Gasteiger charge is 2.34. The summed E-state index contributed by atoms with van der Waals surface area (Å²) in [5.41, 5.74) is 4.82. The van der Waals surface area contributed by atoms with Gasteiger partial charge in [-0.15, -0.1) is 0 Å². The lowest BCUT2D eigenvalue weighted by Crippen LogP contribution is -2.35. The van der Waals surface area contributed by atoms with Crippen LogP contribution in [0, 0.1) is 0 Å². The average Bonchev–Trinajstić information content (AvgIpc) is 3.36. The molecule has 0 saturated heterocycles. The van der Waals surface area contributed by atoms with Gasteiger partial charge in [0.15, 0.2) is 0 Å². The minimum absolute atomic E-state index is 0.0297. The van der Waals surface area contributed by atoms with E-state index in [1.807, 2.05) is 36.5 Å². The van der Waals surface area contributed by atoms with Crippen LogP contribution in [0.4, 0.5) is 0 Å². The van der Waals surface area contributed by atoms with Gasteiger partial charge in [0.1, 0.15) is 11.9 Å².